The van der Waals surface area contributed by atoms with Gasteiger partial charge in [0.05, 0.1) is 6.10 Å². The highest BCUT2D eigenvalue weighted by atomic mass is 16.5. The van der Waals surface area contributed by atoms with Crippen molar-refractivity contribution >= 4 is 16.7 Å². The summed E-state index contributed by atoms with van der Waals surface area (Å²) in [6.07, 6.45) is 1.92. The Morgan fingerprint density at radius 1 is 1.29 bits per heavy atom. The molecule has 3 rings (SSSR count). The van der Waals surface area contributed by atoms with Gasteiger partial charge in [0.15, 0.2) is 0 Å². The third kappa shape index (κ3) is 3.67. The van der Waals surface area contributed by atoms with Gasteiger partial charge in [-0.2, -0.15) is 0 Å². The van der Waals surface area contributed by atoms with Crippen LogP contribution >= 0.6 is 0 Å². The number of rotatable bonds is 4. The van der Waals surface area contributed by atoms with Crippen LogP contribution in [0.4, 0.5) is 0 Å². The summed E-state index contributed by atoms with van der Waals surface area (Å²) < 4.78 is 5.86. The van der Waals surface area contributed by atoms with Crippen LogP contribution in [0.2, 0.25) is 0 Å². The molecule has 0 spiro atoms. The molecule has 1 aromatic carbocycles. The lowest BCUT2D eigenvalue weighted by Crippen LogP contribution is -2.41. The largest absolute Gasteiger partial charge is 0.378 e. The van der Waals surface area contributed by atoms with Gasteiger partial charge in [0.25, 0.3) is 11.5 Å². The topological polar surface area (TPSA) is 62.4 Å². The van der Waals surface area contributed by atoms with Gasteiger partial charge in [-0.1, -0.05) is 32.0 Å². The second-order valence-electron chi connectivity index (χ2n) is 6.82. The molecular formula is C19H24N2O3. The second-order valence-corrected chi connectivity index (χ2v) is 6.82. The van der Waals surface area contributed by atoms with Crippen molar-refractivity contribution in [1.29, 1.82) is 0 Å². The number of piperidine rings is 1. The summed E-state index contributed by atoms with van der Waals surface area (Å²) in [7, 11) is 0. The van der Waals surface area contributed by atoms with E-state index < -0.39 is 0 Å². The molecule has 0 atom stereocenters. The van der Waals surface area contributed by atoms with E-state index in [-0.39, 0.29) is 17.6 Å². The molecule has 1 amide bonds. The van der Waals surface area contributed by atoms with Crippen molar-refractivity contribution in [2.75, 3.05) is 19.7 Å². The Kier molecular flexibility index (Phi) is 5.00. The fourth-order valence-electron chi connectivity index (χ4n) is 3.05. The van der Waals surface area contributed by atoms with E-state index in [2.05, 4.69) is 18.8 Å². The Hall–Kier alpha value is -2.14. The van der Waals surface area contributed by atoms with Gasteiger partial charge in [-0.25, -0.2) is 0 Å². The molecule has 1 saturated heterocycles. The number of carbonyl (C=O) groups is 1. The van der Waals surface area contributed by atoms with E-state index in [4.69, 9.17) is 4.74 Å². The van der Waals surface area contributed by atoms with E-state index in [1.807, 2.05) is 18.2 Å². The van der Waals surface area contributed by atoms with Crippen LogP contribution in [0.5, 0.6) is 0 Å². The minimum absolute atomic E-state index is 0.111. The molecule has 0 radical (unpaired) electrons. The quantitative estimate of drug-likeness (QED) is 0.939. The van der Waals surface area contributed by atoms with E-state index in [0.717, 1.165) is 24.8 Å². The van der Waals surface area contributed by atoms with Gasteiger partial charge in [-0.05, 0) is 36.3 Å². The van der Waals surface area contributed by atoms with Crippen LogP contribution in [-0.4, -0.2) is 41.6 Å². The summed E-state index contributed by atoms with van der Waals surface area (Å²) in [5, 5.41) is 1.40. The number of benzene rings is 1. The zero-order valence-electron chi connectivity index (χ0n) is 14.2. The van der Waals surface area contributed by atoms with Gasteiger partial charge in [0.2, 0.25) is 0 Å². The van der Waals surface area contributed by atoms with Crippen molar-refractivity contribution in [2.45, 2.75) is 32.8 Å². The summed E-state index contributed by atoms with van der Waals surface area (Å²) in [6.45, 7) is 6.35. The molecule has 2 heterocycles. The van der Waals surface area contributed by atoms with Crippen LogP contribution < -0.4 is 5.56 Å². The number of amides is 1. The number of nitrogens with zero attached hydrogens (tertiary/aromatic N) is 1. The Morgan fingerprint density at radius 3 is 2.71 bits per heavy atom. The van der Waals surface area contributed by atoms with Crippen molar-refractivity contribution in [3.63, 3.8) is 0 Å². The molecular weight excluding hydrogens is 304 g/mol. The maximum atomic E-state index is 12.7. The first-order valence-electron chi connectivity index (χ1n) is 8.57. The third-order valence-electron chi connectivity index (χ3n) is 4.38. The maximum absolute atomic E-state index is 12.7. The molecule has 2 aromatic rings. The average molecular weight is 328 g/mol. The van der Waals surface area contributed by atoms with Gasteiger partial charge in [0, 0.05) is 25.1 Å². The number of hydrogen-bond donors (Lipinski definition) is 1. The van der Waals surface area contributed by atoms with Gasteiger partial charge in [-0.3, -0.25) is 9.59 Å². The Balaban J connectivity index is 1.68. The fourth-order valence-corrected chi connectivity index (χ4v) is 3.05. The lowest BCUT2D eigenvalue weighted by Gasteiger charge is -2.32. The summed E-state index contributed by atoms with van der Waals surface area (Å²) >= 11 is 0. The molecule has 24 heavy (non-hydrogen) atoms. The smallest absolute Gasteiger partial charge is 0.270 e. The Labute approximate surface area is 141 Å². The Morgan fingerprint density at radius 2 is 2.00 bits per heavy atom. The van der Waals surface area contributed by atoms with Crippen LogP contribution in [0.25, 0.3) is 10.8 Å². The molecule has 1 N–H and O–H groups in total. The van der Waals surface area contributed by atoms with E-state index in [1.54, 1.807) is 17.0 Å². The molecule has 1 aliphatic rings. The summed E-state index contributed by atoms with van der Waals surface area (Å²) in [6, 6.07) is 9.07. The molecule has 1 aromatic heterocycles. The first kappa shape index (κ1) is 16.7. The molecule has 0 unspecified atom stereocenters. The first-order valence-corrected chi connectivity index (χ1v) is 8.57. The molecule has 0 saturated carbocycles. The van der Waals surface area contributed by atoms with E-state index in [0.29, 0.717) is 30.1 Å². The first-order chi connectivity index (χ1) is 11.5. The number of hydrogen-bond acceptors (Lipinski definition) is 3. The molecule has 1 aliphatic heterocycles. The number of aromatic nitrogens is 1. The minimum atomic E-state index is -0.216. The fraction of sp³-hybridized carbons (Fsp3) is 0.474. The number of ether oxygens (including phenoxy) is 1. The van der Waals surface area contributed by atoms with Crippen LogP contribution in [0.3, 0.4) is 0 Å². The van der Waals surface area contributed by atoms with Gasteiger partial charge in [-0.15, -0.1) is 0 Å². The average Bonchev–Trinajstić information content (AvgIpc) is 2.60. The number of fused-ring (bicyclic) bond motifs is 1. The molecule has 128 valence electrons. The third-order valence-corrected chi connectivity index (χ3v) is 4.38. The van der Waals surface area contributed by atoms with Crippen LogP contribution in [-0.2, 0) is 4.74 Å². The summed E-state index contributed by atoms with van der Waals surface area (Å²) in [4.78, 5) is 29.3. The minimum Gasteiger partial charge on any atom is -0.378 e. The van der Waals surface area contributed by atoms with Gasteiger partial charge in [0.1, 0.15) is 5.69 Å². The molecule has 5 nitrogen and oxygen atoms in total. The normalized spacial score (nSPS) is 16.0. The van der Waals surface area contributed by atoms with Crippen molar-refractivity contribution in [3.05, 3.63) is 46.4 Å². The van der Waals surface area contributed by atoms with Crippen molar-refractivity contribution in [3.8, 4) is 0 Å². The predicted octanol–water partition coefficient (Wildman–Crippen LogP) is 2.81. The zero-order chi connectivity index (χ0) is 17.1. The lowest BCUT2D eigenvalue weighted by atomic mass is 10.1. The van der Waals surface area contributed by atoms with Crippen molar-refractivity contribution in [2.24, 2.45) is 5.92 Å². The van der Waals surface area contributed by atoms with Gasteiger partial charge >= 0.3 is 0 Å². The van der Waals surface area contributed by atoms with E-state index >= 15 is 0 Å². The zero-order valence-corrected chi connectivity index (χ0v) is 14.2. The van der Waals surface area contributed by atoms with E-state index in [9.17, 15) is 9.59 Å². The van der Waals surface area contributed by atoms with Crippen molar-refractivity contribution in [1.82, 2.24) is 9.88 Å². The highest BCUT2D eigenvalue weighted by molar-refractivity contribution is 5.96. The highest BCUT2D eigenvalue weighted by Gasteiger charge is 2.25. The molecule has 0 bridgehead atoms. The predicted molar refractivity (Wildman–Crippen MR) is 94.3 cm³/mol. The SMILES string of the molecule is CC(C)COC1CCN(C(=O)c2cc3ccccc3c(=O)[nH]2)CC1. The van der Waals surface area contributed by atoms with Crippen LogP contribution in [0.1, 0.15) is 37.2 Å². The number of likely N-dealkylation sites (tertiary alicyclic amines) is 1. The number of carbonyl (C=O) groups excluding carboxylic acids is 1. The number of nitrogens with one attached hydrogen (secondary N) is 1. The standard InChI is InChI=1S/C19H24N2O3/c1-13(2)12-24-15-7-9-21(10-8-15)19(23)17-11-14-5-3-4-6-16(14)18(22)20-17/h3-6,11,13,15H,7-10,12H2,1-2H3,(H,20,22). The number of H-pyrrole nitrogens is 1. The monoisotopic (exact) mass is 328 g/mol. The second kappa shape index (κ2) is 7.18. The lowest BCUT2D eigenvalue weighted by molar-refractivity contribution is -0.00243. The highest BCUT2D eigenvalue weighted by Crippen LogP contribution is 2.17. The number of aromatic amines is 1. The molecule has 5 heteroatoms. The van der Waals surface area contributed by atoms with Gasteiger partial charge < -0.3 is 14.6 Å². The Bertz CT molecular complexity index is 774. The van der Waals surface area contributed by atoms with Crippen molar-refractivity contribution < 1.29 is 9.53 Å². The van der Waals surface area contributed by atoms with E-state index in [1.165, 1.54) is 0 Å². The molecule has 1 fully saturated rings. The van der Waals surface area contributed by atoms with Crippen LogP contribution in [0, 0.1) is 5.92 Å². The van der Waals surface area contributed by atoms with Crippen LogP contribution in [0.15, 0.2) is 35.1 Å². The summed E-state index contributed by atoms with van der Waals surface area (Å²) in [5.74, 6) is 0.410. The number of pyridine rings is 1. The maximum Gasteiger partial charge on any atom is 0.270 e. The molecule has 0 aliphatic carbocycles. The summed E-state index contributed by atoms with van der Waals surface area (Å²) in [5.41, 5.74) is 0.145.